The quantitative estimate of drug-likeness (QED) is 0.486. The number of Topliss-reactive ketones (excluding diaryl/α,β-unsaturated/α-hetero) is 1. The molecular formula is C19H15FN4O3. The fourth-order valence-electron chi connectivity index (χ4n) is 2.68. The van der Waals surface area contributed by atoms with Gasteiger partial charge in [0.25, 0.3) is 0 Å². The minimum absolute atomic E-state index is 0.130. The highest BCUT2D eigenvalue weighted by Gasteiger charge is 2.17. The van der Waals surface area contributed by atoms with Gasteiger partial charge in [-0.05, 0) is 23.3 Å². The van der Waals surface area contributed by atoms with Crippen molar-refractivity contribution in [3.8, 4) is 11.5 Å². The van der Waals surface area contributed by atoms with Gasteiger partial charge in [0.1, 0.15) is 5.82 Å². The summed E-state index contributed by atoms with van der Waals surface area (Å²) in [5.74, 6) is 0.771. The van der Waals surface area contributed by atoms with Crippen LogP contribution < -0.4 is 0 Å². The van der Waals surface area contributed by atoms with Crippen molar-refractivity contribution >= 4 is 5.78 Å². The third-order valence-electron chi connectivity index (χ3n) is 3.94. The molecule has 3 aromatic heterocycles. The maximum Gasteiger partial charge on any atom is 0.204 e. The number of ketones is 1. The topological polar surface area (TPSA) is 87.0 Å². The first-order chi connectivity index (χ1) is 13.1. The summed E-state index contributed by atoms with van der Waals surface area (Å²) in [6.07, 6.45) is 5.01. The van der Waals surface area contributed by atoms with Gasteiger partial charge < -0.3 is 8.94 Å². The van der Waals surface area contributed by atoms with E-state index in [4.69, 9.17) is 8.94 Å². The normalized spacial score (nSPS) is 11.0. The van der Waals surface area contributed by atoms with Crippen molar-refractivity contribution in [3.63, 3.8) is 0 Å². The van der Waals surface area contributed by atoms with Crippen molar-refractivity contribution in [2.45, 2.75) is 19.9 Å². The number of rotatable bonds is 6. The number of carbonyl (C=O) groups is 1. The number of halogens is 1. The zero-order chi connectivity index (χ0) is 18.8. The lowest BCUT2D eigenvalue weighted by Crippen LogP contribution is -2.03. The van der Waals surface area contributed by atoms with Gasteiger partial charge in [-0.1, -0.05) is 17.3 Å². The molecule has 7 nitrogen and oxygen atoms in total. The van der Waals surface area contributed by atoms with E-state index in [1.165, 1.54) is 24.4 Å². The van der Waals surface area contributed by atoms with Gasteiger partial charge >= 0.3 is 0 Å². The molecule has 4 rings (SSSR count). The van der Waals surface area contributed by atoms with Gasteiger partial charge in [0.2, 0.25) is 5.76 Å². The molecule has 4 aromatic rings. The Labute approximate surface area is 153 Å². The van der Waals surface area contributed by atoms with Crippen molar-refractivity contribution in [2.75, 3.05) is 0 Å². The summed E-state index contributed by atoms with van der Waals surface area (Å²) in [5, 5.41) is 8.02. The molecule has 8 heteroatoms. The maximum absolute atomic E-state index is 13.3. The highest BCUT2D eigenvalue weighted by Crippen LogP contribution is 2.21. The van der Waals surface area contributed by atoms with Gasteiger partial charge in [-0.15, -0.1) is 0 Å². The van der Waals surface area contributed by atoms with Crippen LogP contribution in [-0.4, -0.2) is 25.7 Å². The summed E-state index contributed by atoms with van der Waals surface area (Å²) in [6, 6.07) is 7.84. The van der Waals surface area contributed by atoms with E-state index in [1.807, 2.05) is 6.07 Å². The predicted octanol–water partition coefficient (Wildman–Crippen LogP) is 3.45. The van der Waals surface area contributed by atoms with E-state index in [0.717, 1.165) is 11.1 Å². The molecular weight excluding hydrogens is 351 g/mol. The second-order valence-electron chi connectivity index (χ2n) is 6.10. The van der Waals surface area contributed by atoms with Crippen LogP contribution in [0.15, 0.2) is 57.9 Å². The second kappa shape index (κ2) is 6.99. The Balaban J connectivity index is 1.43. The minimum atomic E-state index is -0.293. The fraction of sp³-hybridized carbons (Fsp3) is 0.158. The van der Waals surface area contributed by atoms with Crippen LogP contribution in [0.25, 0.3) is 11.5 Å². The van der Waals surface area contributed by atoms with Gasteiger partial charge in [-0.25, -0.2) is 9.37 Å². The number of hydrogen-bond donors (Lipinski definition) is 0. The van der Waals surface area contributed by atoms with Gasteiger partial charge in [0.15, 0.2) is 23.1 Å². The van der Waals surface area contributed by atoms with Crippen LogP contribution in [0.2, 0.25) is 0 Å². The molecule has 0 amide bonds. The molecule has 0 aliphatic rings. The summed E-state index contributed by atoms with van der Waals surface area (Å²) in [6.45, 7) is 2.14. The Morgan fingerprint density at radius 2 is 2.07 bits per heavy atom. The third kappa shape index (κ3) is 3.84. The zero-order valence-electron chi connectivity index (χ0n) is 14.4. The Hall–Kier alpha value is -3.55. The van der Waals surface area contributed by atoms with Gasteiger partial charge in [-0.2, -0.15) is 5.10 Å². The Morgan fingerprint density at radius 3 is 2.85 bits per heavy atom. The minimum Gasteiger partial charge on any atom is -0.438 e. The standard InChI is InChI=1S/C19H15FN4O3/c1-12-21-9-19(26-12)18-7-16(23-27-18)17(25)6-14-8-22-24(11-14)10-13-3-2-4-15(20)5-13/h2-5,7-9,11H,6,10H2,1H3. The molecule has 0 radical (unpaired) electrons. The highest BCUT2D eigenvalue weighted by atomic mass is 19.1. The van der Waals surface area contributed by atoms with Crippen LogP contribution in [0, 0.1) is 12.7 Å². The van der Waals surface area contributed by atoms with Crippen LogP contribution in [0.4, 0.5) is 4.39 Å². The first kappa shape index (κ1) is 16.9. The molecule has 0 unspecified atom stereocenters. The van der Waals surface area contributed by atoms with Gasteiger partial charge in [0.05, 0.1) is 18.9 Å². The Morgan fingerprint density at radius 1 is 1.19 bits per heavy atom. The molecule has 0 aliphatic heterocycles. The average molecular weight is 366 g/mol. The van der Waals surface area contributed by atoms with E-state index in [9.17, 15) is 9.18 Å². The maximum atomic E-state index is 13.3. The van der Waals surface area contributed by atoms with Crippen molar-refractivity contribution in [2.24, 2.45) is 0 Å². The molecule has 0 bridgehead atoms. The highest BCUT2D eigenvalue weighted by molar-refractivity contribution is 5.96. The van der Waals surface area contributed by atoms with Crippen molar-refractivity contribution in [1.82, 2.24) is 19.9 Å². The molecule has 3 heterocycles. The summed E-state index contributed by atoms with van der Waals surface area (Å²) >= 11 is 0. The van der Waals surface area contributed by atoms with Crippen LogP contribution in [0.1, 0.15) is 27.5 Å². The number of aromatic nitrogens is 4. The molecule has 1 aromatic carbocycles. The van der Waals surface area contributed by atoms with Crippen LogP contribution in [0.5, 0.6) is 0 Å². The average Bonchev–Trinajstić information content (AvgIpc) is 3.36. The van der Waals surface area contributed by atoms with Crippen LogP contribution in [0.3, 0.4) is 0 Å². The van der Waals surface area contributed by atoms with E-state index in [1.54, 1.807) is 30.1 Å². The SMILES string of the molecule is Cc1ncc(-c2cc(C(=O)Cc3cnn(Cc4cccc(F)c4)c3)no2)o1. The Bertz CT molecular complexity index is 1100. The summed E-state index contributed by atoms with van der Waals surface area (Å²) in [5.41, 5.74) is 1.73. The van der Waals surface area contributed by atoms with Crippen LogP contribution >= 0.6 is 0 Å². The van der Waals surface area contributed by atoms with E-state index in [2.05, 4.69) is 15.2 Å². The van der Waals surface area contributed by atoms with Crippen molar-refractivity contribution in [3.05, 3.63) is 77.5 Å². The van der Waals surface area contributed by atoms with Crippen LogP contribution in [-0.2, 0) is 13.0 Å². The lowest BCUT2D eigenvalue weighted by molar-refractivity contribution is 0.0984. The summed E-state index contributed by atoms with van der Waals surface area (Å²) in [7, 11) is 0. The molecule has 136 valence electrons. The first-order valence-corrected chi connectivity index (χ1v) is 8.25. The van der Waals surface area contributed by atoms with Crippen molar-refractivity contribution in [1.29, 1.82) is 0 Å². The number of aryl methyl sites for hydroxylation is 1. The van der Waals surface area contributed by atoms with Gasteiger partial charge in [0, 0.05) is 25.6 Å². The fourth-order valence-corrected chi connectivity index (χ4v) is 2.68. The monoisotopic (exact) mass is 366 g/mol. The van der Waals surface area contributed by atoms with Gasteiger partial charge in [-0.3, -0.25) is 9.48 Å². The van der Waals surface area contributed by atoms with E-state index >= 15 is 0 Å². The van der Waals surface area contributed by atoms with E-state index in [0.29, 0.717) is 24.0 Å². The molecule has 0 aliphatic carbocycles. The lowest BCUT2D eigenvalue weighted by Gasteiger charge is -2.01. The largest absolute Gasteiger partial charge is 0.438 e. The van der Waals surface area contributed by atoms with E-state index in [-0.39, 0.29) is 23.7 Å². The molecule has 0 spiro atoms. The molecule has 0 N–H and O–H groups in total. The third-order valence-corrected chi connectivity index (χ3v) is 3.94. The Kier molecular flexibility index (Phi) is 4.37. The summed E-state index contributed by atoms with van der Waals surface area (Å²) < 4.78 is 25.4. The zero-order valence-corrected chi connectivity index (χ0v) is 14.4. The molecule has 27 heavy (non-hydrogen) atoms. The van der Waals surface area contributed by atoms with E-state index < -0.39 is 0 Å². The number of benzene rings is 1. The lowest BCUT2D eigenvalue weighted by atomic mass is 10.1. The molecule has 0 saturated heterocycles. The first-order valence-electron chi connectivity index (χ1n) is 8.25. The molecule has 0 saturated carbocycles. The smallest absolute Gasteiger partial charge is 0.204 e. The van der Waals surface area contributed by atoms with Crippen molar-refractivity contribution < 1.29 is 18.1 Å². The number of nitrogens with zero attached hydrogens (tertiary/aromatic N) is 4. The second-order valence-corrected chi connectivity index (χ2v) is 6.10. The predicted molar refractivity (Wildman–Crippen MR) is 92.5 cm³/mol. The molecule has 0 atom stereocenters. The number of carbonyl (C=O) groups excluding carboxylic acids is 1. The number of oxazole rings is 1. The molecule has 0 fully saturated rings. The summed E-state index contributed by atoms with van der Waals surface area (Å²) in [4.78, 5) is 16.4. The number of hydrogen-bond acceptors (Lipinski definition) is 6.